The second kappa shape index (κ2) is 10.6. The topological polar surface area (TPSA) is 119 Å². The van der Waals surface area contributed by atoms with Gasteiger partial charge in [0.05, 0.1) is 16.2 Å². The van der Waals surface area contributed by atoms with Crippen LogP contribution in [0.1, 0.15) is 30.9 Å². The van der Waals surface area contributed by atoms with E-state index in [1.807, 2.05) is 25.9 Å². The maximum atomic E-state index is 14.4. The van der Waals surface area contributed by atoms with Crippen molar-refractivity contribution in [2.24, 2.45) is 0 Å². The van der Waals surface area contributed by atoms with Crippen LogP contribution in [0.25, 0.3) is 5.76 Å². The first kappa shape index (κ1) is 28.5. The number of ketones is 1. The quantitative estimate of drug-likeness (QED) is 0.287. The van der Waals surface area contributed by atoms with E-state index in [1.54, 1.807) is 29.2 Å². The molecule has 0 bridgehead atoms. The van der Waals surface area contributed by atoms with Crippen molar-refractivity contribution < 1.29 is 27.9 Å². The fourth-order valence-corrected chi connectivity index (χ4v) is 6.26. The number of hydrogen-bond acceptors (Lipinski definition) is 7. The van der Waals surface area contributed by atoms with E-state index in [0.29, 0.717) is 37.2 Å². The highest BCUT2D eigenvalue weighted by Gasteiger charge is 2.66. The first-order valence-corrected chi connectivity index (χ1v) is 14.2. The molecule has 2 amide bonds. The Hall–Kier alpha value is -3.54. The van der Waals surface area contributed by atoms with Gasteiger partial charge in [0.2, 0.25) is 10.0 Å². The number of nitrogens with zero attached hydrogens (tertiary/aromatic N) is 4. The zero-order valence-electron chi connectivity index (χ0n) is 22.8. The Morgan fingerprint density at radius 3 is 2.31 bits per heavy atom. The van der Waals surface area contributed by atoms with E-state index >= 15 is 0 Å². The maximum absolute atomic E-state index is 14.4. The minimum absolute atomic E-state index is 0.0165. The van der Waals surface area contributed by atoms with Gasteiger partial charge < -0.3 is 19.8 Å². The fraction of sp³-hybridized carbons (Fsp3) is 0.393. The number of anilines is 1. The number of para-hydroxylation sites is 1. The van der Waals surface area contributed by atoms with Crippen molar-refractivity contribution in [1.29, 1.82) is 0 Å². The molecule has 2 aromatic carbocycles. The van der Waals surface area contributed by atoms with E-state index in [9.17, 15) is 27.9 Å². The number of carbonyl (C=O) groups excluding carboxylic acids is 3. The van der Waals surface area contributed by atoms with Crippen molar-refractivity contribution >= 4 is 39.1 Å². The molecule has 10 nitrogen and oxygen atoms in total. The summed E-state index contributed by atoms with van der Waals surface area (Å²) in [5.74, 6) is -2.96. The van der Waals surface area contributed by atoms with Crippen LogP contribution in [-0.4, -0.2) is 93.1 Å². The number of aliphatic hydroxyl groups excluding tert-OH is 1. The number of aliphatic hydroxyl groups is 1. The van der Waals surface area contributed by atoms with E-state index in [0.717, 1.165) is 4.31 Å². The van der Waals surface area contributed by atoms with Crippen molar-refractivity contribution in [1.82, 2.24) is 14.1 Å². The number of Topliss-reactive ketones (excluding diaryl/α,β-unsaturated/α-hetero) is 1. The van der Waals surface area contributed by atoms with E-state index in [-0.39, 0.29) is 22.6 Å². The molecule has 0 aliphatic carbocycles. The van der Waals surface area contributed by atoms with Gasteiger partial charge in [-0.15, -0.1) is 0 Å². The lowest BCUT2D eigenvalue weighted by molar-refractivity contribution is -0.143. The molecule has 1 atom stereocenters. The second-order valence-electron chi connectivity index (χ2n) is 10.2. The van der Waals surface area contributed by atoms with Crippen LogP contribution in [0.5, 0.6) is 0 Å². The Bertz CT molecular complexity index is 1470. The summed E-state index contributed by atoms with van der Waals surface area (Å²) in [6.45, 7) is 2.99. The Balaban J connectivity index is 2.01. The normalized spacial score (nSPS) is 20.6. The molecular weight excluding hydrogens is 520 g/mol. The second-order valence-corrected chi connectivity index (χ2v) is 12.3. The lowest BCUT2D eigenvalue weighted by atomic mass is 9.82. The summed E-state index contributed by atoms with van der Waals surface area (Å²) in [5, 5.41) is 11.6. The molecule has 1 fully saturated rings. The number of carbonyl (C=O) groups is 3. The van der Waals surface area contributed by atoms with E-state index < -0.39 is 38.9 Å². The predicted octanol–water partition coefficient (Wildman–Crippen LogP) is 2.22. The molecule has 0 saturated carbocycles. The van der Waals surface area contributed by atoms with Gasteiger partial charge in [-0.3, -0.25) is 14.4 Å². The number of benzene rings is 2. The highest BCUT2D eigenvalue weighted by Crippen LogP contribution is 2.53. The number of hydrogen-bond donors (Lipinski definition) is 1. The fourth-order valence-electron chi connectivity index (χ4n) is 5.32. The molecule has 1 N–H and O–H groups in total. The summed E-state index contributed by atoms with van der Waals surface area (Å²) < 4.78 is 26.6. The van der Waals surface area contributed by atoms with Gasteiger partial charge >= 0.3 is 0 Å². The van der Waals surface area contributed by atoms with Crippen LogP contribution in [0.15, 0.2) is 59.0 Å². The van der Waals surface area contributed by atoms with Crippen LogP contribution >= 0.6 is 0 Å². The average molecular weight is 555 g/mol. The van der Waals surface area contributed by atoms with Crippen LogP contribution in [0, 0.1) is 0 Å². The number of sulfonamides is 1. The first-order chi connectivity index (χ1) is 18.4. The summed E-state index contributed by atoms with van der Waals surface area (Å²) in [5.41, 5.74) is -1.20. The molecule has 4 rings (SSSR count). The van der Waals surface area contributed by atoms with E-state index in [4.69, 9.17) is 0 Å². The molecule has 39 heavy (non-hydrogen) atoms. The molecular formula is C28H34N4O6S. The smallest absolute Gasteiger partial charge is 0.296 e. The van der Waals surface area contributed by atoms with Crippen LogP contribution in [-0.2, 0) is 29.9 Å². The Morgan fingerprint density at radius 1 is 0.974 bits per heavy atom. The van der Waals surface area contributed by atoms with Gasteiger partial charge in [0.25, 0.3) is 17.6 Å². The summed E-state index contributed by atoms with van der Waals surface area (Å²) >= 11 is 0. The third kappa shape index (κ3) is 4.44. The third-order valence-corrected chi connectivity index (χ3v) is 8.94. The SMILES string of the molecule is CCCN1C(=O)C2(/C(=C(\O)c3cccc(S(=O)(=O)N(C)C)c3)C(=O)C(=O)N2CCCN(C)C)c2ccccc21. The van der Waals surface area contributed by atoms with Gasteiger partial charge in [0.15, 0.2) is 5.54 Å². The van der Waals surface area contributed by atoms with Crippen molar-refractivity contribution in [3.05, 3.63) is 65.2 Å². The zero-order valence-corrected chi connectivity index (χ0v) is 23.7. The molecule has 1 unspecified atom stereocenters. The van der Waals surface area contributed by atoms with Crippen molar-refractivity contribution in [2.75, 3.05) is 52.7 Å². The van der Waals surface area contributed by atoms with Gasteiger partial charge in [0.1, 0.15) is 5.76 Å². The number of fused-ring (bicyclic) bond motifs is 2. The molecule has 1 spiro atoms. The summed E-state index contributed by atoms with van der Waals surface area (Å²) in [7, 11) is 2.69. The third-order valence-electron chi connectivity index (χ3n) is 7.13. The van der Waals surface area contributed by atoms with Crippen molar-refractivity contribution in [3.8, 4) is 0 Å². The molecule has 2 aromatic rings. The van der Waals surface area contributed by atoms with E-state index in [2.05, 4.69) is 0 Å². The van der Waals surface area contributed by atoms with Crippen LogP contribution in [0.4, 0.5) is 5.69 Å². The summed E-state index contributed by atoms with van der Waals surface area (Å²) in [6.07, 6.45) is 1.12. The Kier molecular flexibility index (Phi) is 7.70. The molecule has 208 valence electrons. The number of amides is 2. The molecule has 1 saturated heterocycles. The molecule has 2 heterocycles. The average Bonchev–Trinajstić information content (AvgIpc) is 3.27. The van der Waals surface area contributed by atoms with Crippen molar-refractivity contribution in [3.63, 3.8) is 0 Å². The van der Waals surface area contributed by atoms with Crippen molar-refractivity contribution in [2.45, 2.75) is 30.2 Å². The highest BCUT2D eigenvalue weighted by molar-refractivity contribution is 7.89. The highest BCUT2D eigenvalue weighted by atomic mass is 32.2. The first-order valence-electron chi connectivity index (χ1n) is 12.8. The van der Waals surface area contributed by atoms with Gasteiger partial charge in [-0.25, -0.2) is 12.7 Å². The van der Waals surface area contributed by atoms with Gasteiger partial charge in [0, 0.05) is 38.3 Å². The monoisotopic (exact) mass is 554 g/mol. The molecule has 0 aromatic heterocycles. The molecule has 2 aliphatic heterocycles. The van der Waals surface area contributed by atoms with E-state index in [1.165, 1.54) is 43.3 Å². The van der Waals surface area contributed by atoms with Crippen LogP contribution in [0.2, 0.25) is 0 Å². The van der Waals surface area contributed by atoms with Gasteiger partial charge in [-0.2, -0.15) is 0 Å². The minimum Gasteiger partial charge on any atom is -0.507 e. The Labute approximate surface area is 229 Å². The molecule has 0 radical (unpaired) electrons. The molecule has 11 heteroatoms. The predicted molar refractivity (Wildman–Crippen MR) is 148 cm³/mol. The van der Waals surface area contributed by atoms with Crippen LogP contribution < -0.4 is 4.90 Å². The lowest BCUT2D eigenvalue weighted by Gasteiger charge is -2.34. The molecule has 2 aliphatic rings. The lowest BCUT2D eigenvalue weighted by Crippen LogP contribution is -2.52. The standard InChI is InChI=1S/C28H34N4O6S/c1-6-15-31-22-14-8-7-13-21(22)28(27(31)36)23(25(34)26(35)32(28)17-10-16-29(2)3)24(33)19-11-9-12-20(18-19)39(37,38)30(4)5/h7-9,11-14,18,33H,6,10,15-17H2,1-5H3/b24-23-. The minimum atomic E-state index is -3.86. The number of rotatable bonds is 9. The summed E-state index contributed by atoms with van der Waals surface area (Å²) in [4.78, 5) is 46.3. The maximum Gasteiger partial charge on any atom is 0.296 e. The summed E-state index contributed by atoms with van der Waals surface area (Å²) in [6, 6.07) is 12.5. The van der Waals surface area contributed by atoms with Crippen LogP contribution in [0.3, 0.4) is 0 Å². The number of likely N-dealkylation sites (tertiary alicyclic amines) is 1. The van der Waals surface area contributed by atoms with Gasteiger partial charge in [-0.1, -0.05) is 37.3 Å². The van der Waals surface area contributed by atoms with Gasteiger partial charge in [-0.05, 0) is 51.7 Å². The zero-order chi connectivity index (χ0) is 28.7. The largest absolute Gasteiger partial charge is 0.507 e. The Morgan fingerprint density at radius 2 is 1.67 bits per heavy atom.